The number of nitrogens with one attached hydrogen (secondary N) is 2. The maximum Gasteiger partial charge on any atom is 0.387 e. The summed E-state index contributed by atoms with van der Waals surface area (Å²) in [5.41, 5.74) is 0.798. The number of morpholine rings is 1. The number of hydrogen-bond donors (Lipinski definition) is 2. The maximum absolute atomic E-state index is 12.6. The third kappa shape index (κ3) is 9.32. The van der Waals surface area contributed by atoms with Crippen LogP contribution in [0.1, 0.15) is 26.3 Å². The summed E-state index contributed by atoms with van der Waals surface area (Å²) in [6, 6.07) is 5.06. The van der Waals surface area contributed by atoms with Crippen molar-refractivity contribution < 1.29 is 23.0 Å². The molecule has 0 radical (unpaired) electrons. The van der Waals surface area contributed by atoms with Gasteiger partial charge in [0.2, 0.25) is 0 Å². The van der Waals surface area contributed by atoms with E-state index in [1.807, 2.05) is 13.0 Å². The van der Waals surface area contributed by atoms with Crippen LogP contribution in [0.5, 0.6) is 11.5 Å². The molecule has 1 fully saturated rings. The third-order valence-corrected chi connectivity index (χ3v) is 4.99. The van der Waals surface area contributed by atoms with Gasteiger partial charge in [-0.15, -0.1) is 24.0 Å². The predicted octanol–water partition coefficient (Wildman–Crippen LogP) is 3.12. The van der Waals surface area contributed by atoms with E-state index in [1.54, 1.807) is 12.1 Å². The second-order valence-corrected chi connectivity index (χ2v) is 7.65. The Labute approximate surface area is 200 Å². The molecule has 1 aliphatic heterocycles. The molecule has 31 heavy (non-hydrogen) atoms. The molecule has 10 heteroatoms. The average molecular weight is 556 g/mol. The van der Waals surface area contributed by atoms with Crippen molar-refractivity contribution in [2.75, 3.05) is 53.0 Å². The highest BCUT2D eigenvalue weighted by Gasteiger charge is 2.28. The topological polar surface area (TPSA) is 67.4 Å². The molecule has 0 atom stereocenters. The van der Waals surface area contributed by atoms with Gasteiger partial charge in [-0.2, -0.15) is 8.78 Å². The van der Waals surface area contributed by atoms with Crippen molar-refractivity contribution in [2.24, 2.45) is 4.99 Å². The quantitative estimate of drug-likeness (QED) is 0.263. The van der Waals surface area contributed by atoms with Crippen LogP contribution in [-0.2, 0) is 11.2 Å². The van der Waals surface area contributed by atoms with Gasteiger partial charge in [0.25, 0.3) is 0 Å². The second kappa shape index (κ2) is 13.9. The van der Waals surface area contributed by atoms with Crippen molar-refractivity contribution in [3.8, 4) is 11.5 Å². The number of methoxy groups -OCH3 is 1. The molecule has 7 nitrogen and oxygen atoms in total. The molecule has 1 aliphatic rings. The number of ether oxygens (including phenoxy) is 3. The highest BCUT2D eigenvalue weighted by atomic mass is 127. The Kier molecular flexibility index (Phi) is 12.4. The van der Waals surface area contributed by atoms with Gasteiger partial charge in [-0.05, 0) is 44.9 Å². The van der Waals surface area contributed by atoms with Crippen LogP contribution in [0.25, 0.3) is 0 Å². The van der Waals surface area contributed by atoms with Crippen LogP contribution in [0.15, 0.2) is 23.2 Å². The normalized spacial score (nSPS) is 15.4. The molecule has 1 aromatic rings. The summed E-state index contributed by atoms with van der Waals surface area (Å²) < 4.78 is 40.3. The fraction of sp³-hybridized carbons (Fsp3) is 0.667. The third-order valence-electron chi connectivity index (χ3n) is 4.99. The largest absolute Gasteiger partial charge is 0.493 e. The smallest absolute Gasteiger partial charge is 0.387 e. The van der Waals surface area contributed by atoms with Crippen LogP contribution in [0, 0.1) is 0 Å². The lowest BCUT2D eigenvalue weighted by Crippen LogP contribution is -2.52. The minimum absolute atomic E-state index is 0. The molecule has 0 bridgehead atoms. The molecule has 2 rings (SSSR count). The lowest BCUT2D eigenvalue weighted by molar-refractivity contribution is -0.0512. The summed E-state index contributed by atoms with van der Waals surface area (Å²) in [5, 5.41) is 6.56. The molecule has 178 valence electrons. The fourth-order valence-electron chi connectivity index (χ4n) is 3.27. The van der Waals surface area contributed by atoms with Crippen LogP contribution in [0.2, 0.25) is 0 Å². The Morgan fingerprint density at radius 1 is 1.23 bits per heavy atom. The van der Waals surface area contributed by atoms with Gasteiger partial charge in [0.15, 0.2) is 17.5 Å². The summed E-state index contributed by atoms with van der Waals surface area (Å²) in [7, 11) is 1.42. The maximum atomic E-state index is 12.6. The van der Waals surface area contributed by atoms with E-state index < -0.39 is 6.61 Å². The number of hydrogen-bond acceptors (Lipinski definition) is 5. The predicted molar refractivity (Wildman–Crippen MR) is 129 cm³/mol. The minimum atomic E-state index is -2.89. The van der Waals surface area contributed by atoms with Gasteiger partial charge < -0.3 is 24.8 Å². The average Bonchev–Trinajstić information content (AvgIpc) is 2.72. The number of benzene rings is 1. The fourth-order valence-corrected chi connectivity index (χ4v) is 3.27. The number of rotatable bonds is 10. The van der Waals surface area contributed by atoms with Crippen LogP contribution in [0.4, 0.5) is 8.78 Å². The molecule has 0 aromatic heterocycles. The standard InChI is InChI=1S/C21H34F2N4O3.HI/c1-5-24-20(26-15-21(2,3)27-10-12-29-13-11-27)25-9-8-16-6-7-17(28-4)18(14-16)30-19(22)23;/h6-7,14,19H,5,8-13,15H2,1-4H3,(H2,24,25,26);1H. The van der Waals surface area contributed by atoms with Gasteiger partial charge in [-0.3, -0.25) is 9.89 Å². The van der Waals surface area contributed by atoms with E-state index in [9.17, 15) is 8.78 Å². The van der Waals surface area contributed by atoms with E-state index in [4.69, 9.17) is 14.5 Å². The van der Waals surface area contributed by atoms with Gasteiger partial charge >= 0.3 is 6.61 Å². The molecule has 1 aromatic carbocycles. The van der Waals surface area contributed by atoms with E-state index in [2.05, 4.69) is 34.1 Å². The van der Waals surface area contributed by atoms with Crippen molar-refractivity contribution >= 4 is 29.9 Å². The summed E-state index contributed by atoms with van der Waals surface area (Å²) >= 11 is 0. The Bertz CT molecular complexity index is 687. The number of halogens is 3. The summed E-state index contributed by atoms with van der Waals surface area (Å²) in [6.45, 7) is 8.83. The number of alkyl halides is 2. The van der Waals surface area contributed by atoms with Crippen molar-refractivity contribution in [1.82, 2.24) is 15.5 Å². The molecular weight excluding hydrogens is 521 g/mol. The zero-order valence-corrected chi connectivity index (χ0v) is 21.1. The van der Waals surface area contributed by atoms with Crippen LogP contribution >= 0.6 is 24.0 Å². The molecule has 0 saturated carbocycles. The zero-order chi connectivity index (χ0) is 22.0. The first kappa shape index (κ1) is 27.6. The minimum Gasteiger partial charge on any atom is -0.493 e. The highest BCUT2D eigenvalue weighted by Crippen LogP contribution is 2.29. The first-order valence-electron chi connectivity index (χ1n) is 10.3. The van der Waals surface area contributed by atoms with E-state index in [0.29, 0.717) is 19.5 Å². The number of nitrogens with zero attached hydrogens (tertiary/aromatic N) is 2. The van der Waals surface area contributed by atoms with Crippen LogP contribution in [-0.4, -0.2) is 76.1 Å². The lowest BCUT2D eigenvalue weighted by atomic mass is 10.0. The number of guanidine groups is 1. The van der Waals surface area contributed by atoms with Gasteiger partial charge in [0.05, 0.1) is 26.9 Å². The van der Waals surface area contributed by atoms with Gasteiger partial charge in [0.1, 0.15) is 0 Å². The molecule has 0 unspecified atom stereocenters. The van der Waals surface area contributed by atoms with Gasteiger partial charge in [0, 0.05) is 31.7 Å². The monoisotopic (exact) mass is 556 g/mol. The van der Waals surface area contributed by atoms with Gasteiger partial charge in [-0.25, -0.2) is 0 Å². The molecule has 1 heterocycles. The Morgan fingerprint density at radius 2 is 1.94 bits per heavy atom. The van der Waals surface area contributed by atoms with Crippen molar-refractivity contribution in [2.45, 2.75) is 39.3 Å². The first-order chi connectivity index (χ1) is 14.4. The van der Waals surface area contributed by atoms with Crippen molar-refractivity contribution in [3.63, 3.8) is 0 Å². The molecular formula is C21H35F2IN4O3. The molecule has 1 saturated heterocycles. The summed E-state index contributed by atoms with van der Waals surface area (Å²) in [4.78, 5) is 7.14. The van der Waals surface area contributed by atoms with Crippen LogP contribution < -0.4 is 20.1 Å². The second-order valence-electron chi connectivity index (χ2n) is 7.65. The van der Waals surface area contributed by atoms with E-state index in [-0.39, 0.29) is 41.0 Å². The zero-order valence-electron chi connectivity index (χ0n) is 18.7. The lowest BCUT2D eigenvalue weighted by Gasteiger charge is -2.39. The van der Waals surface area contributed by atoms with E-state index in [0.717, 1.165) is 44.4 Å². The Balaban J connectivity index is 0.00000480. The Hall–Kier alpha value is -1.40. The summed E-state index contributed by atoms with van der Waals surface area (Å²) in [5.74, 6) is 1.06. The molecule has 0 spiro atoms. The summed E-state index contributed by atoms with van der Waals surface area (Å²) in [6.07, 6.45) is 0.626. The molecule has 0 amide bonds. The highest BCUT2D eigenvalue weighted by molar-refractivity contribution is 14.0. The van der Waals surface area contributed by atoms with Crippen LogP contribution in [0.3, 0.4) is 0 Å². The van der Waals surface area contributed by atoms with Crippen molar-refractivity contribution in [1.29, 1.82) is 0 Å². The van der Waals surface area contributed by atoms with E-state index in [1.165, 1.54) is 7.11 Å². The molecule has 0 aliphatic carbocycles. The van der Waals surface area contributed by atoms with Gasteiger partial charge in [-0.1, -0.05) is 6.07 Å². The van der Waals surface area contributed by atoms with Crippen molar-refractivity contribution in [3.05, 3.63) is 23.8 Å². The van der Waals surface area contributed by atoms with E-state index >= 15 is 0 Å². The Morgan fingerprint density at radius 3 is 2.55 bits per heavy atom. The molecule has 2 N–H and O–H groups in total. The SMILES string of the molecule is CCNC(=NCC(C)(C)N1CCOCC1)NCCc1ccc(OC)c(OC(F)F)c1.I. The number of aliphatic imine (C=N–C) groups is 1. The first-order valence-corrected chi connectivity index (χ1v) is 10.3.